The number of anilines is 2. The Balaban J connectivity index is 2.38. The van der Waals surface area contributed by atoms with Gasteiger partial charge in [-0.2, -0.15) is 0 Å². The third-order valence-corrected chi connectivity index (χ3v) is 3.17. The van der Waals surface area contributed by atoms with Crippen LogP contribution in [0.25, 0.3) is 0 Å². The third kappa shape index (κ3) is 3.48. The Morgan fingerprint density at radius 1 is 1.37 bits per heavy atom. The number of aromatic nitrogens is 2. The van der Waals surface area contributed by atoms with E-state index in [1.165, 1.54) is 18.5 Å². The van der Waals surface area contributed by atoms with Crippen molar-refractivity contribution >= 4 is 27.4 Å². The molecule has 2 N–H and O–H groups in total. The van der Waals surface area contributed by atoms with E-state index in [2.05, 4.69) is 25.9 Å². The molecule has 1 aromatic heterocycles. The van der Waals surface area contributed by atoms with Gasteiger partial charge < -0.3 is 10.6 Å². The standard InChI is InChI=1S/C13H14BrFN4/c14-12-8-17-9-18-13(12)19(6-2-5-16)11-4-1-3-10(15)7-11/h1,3-4,7-9H,2,5-6,16H2. The van der Waals surface area contributed by atoms with Gasteiger partial charge in [0.15, 0.2) is 5.82 Å². The van der Waals surface area contributed by atoms with Crippen LogP contribution in [0.1, 0.15) is 6.42 Å². The molecule has 6 heteroatoms. The fourth-order valence-electron chi connectivity index (χ4n) is 1.76. The second-order valence-electron chi connectivity index (χ2n) is 3.97. The second kappa shape index (κ2) is 6.58. The molecule has 0 amide bonds. The normalized spacial score (nSPS) is 10.5. The van der Waals surface area contributed by atoms with Crippen LogP contribution in [0.5, 0.6) is 0 Å². The lowest BCUT2D eigenvalue weighted by atomic mass is 10.2. The lowest BCUT2D eigenvalue weighted by Crippen LogP contribution is -2.22. The van der Waals surface area contributed by atoms with Crippen molar-refractivity contribution in [2.24, 2.45) is 5.73 Å². The number of rotatable bonds is 5. The van der Waals surface area contributed by atoms with Gasteiger partial charge in [0.2, 0.25) is 0 Å². The van der Waals surface area contributed by atoms with Gasteiger partial charge in [0, 0.05) is 18.4 Å². The van der Waals surface area contributed by atoms with Crippen molar-refractivity contribution < 1.29 is 4.39 Å². The summed E-state index contributed by atoms with van der Waals surface area (Å²) in [7, 11) is 0. The summed E-state index contributed by atoms with van der Waals surface area (Å²) < 4.78 is 14.1. The molecule has 0 saturated carbocycles. The Hall–Kier alpha value is -1.53. The topological polar surface area (TPSA) is 55.0 Å². The first-order valence-corrected chi connectivity index (χ1v) is 6.70. The Bertz CT molecular complexity index is 550. The number of nitrogens with zero attached hydrogens (tertiary/aromatic N) is 3. The Morgan fingerprint density at radius 2 is 2.21 bits per heavy atom. The predicted molar refractivity (Wildman–Crippen MR) is 76.8 cm³/mol. The van der Waals surface area contributed by atoms with Gasteiger partial charge in [-0.3, -0.25) is 0 Å². The first kappa shape index (κ1) is 13.9. The lowest BCUT2D eigenvalue weighted by Gasteiger charge is -2.24. The Labute approximate surface area is 119 Å². The van der Waals surface area contributed by atoms with E-state index in [4.69, 9.17) is 5.73 Å². The fourth-order valence-corrected chi connectivity index (χ4v) is 2.19. The smallest absolute Gasteiger partial charge is 0.150 e. The van der Waals surface area contributed by atoms with Gasteiger partial charge in [-0.25, -0.2) is 14.4 Å². The summed E-state index contributed by atoms with van der Waals surface area (Å²) in [5.74, 6) is 0.425. The van der Waals surface area contributed by atoms with Gasteiger partial charge in [-0.15, -0.1) is 0 Å². The molecule has 0 aliphatic carbocycles. The average molecular weight is 325 g/mol. The molecule has 1 aromatic carbocycles. The summed E-state index contributed by atoms with van der Waals surface area (Å²) in [5.41, 5.74) is 6.30. The van der Waals surface area contributed by atoms with Crippen molar-refractivity contribution in [3.8, 4) is 0 Å². The number of hydrogen-bond acceptors (Lipinski definition) is 4. The van der Waals surface area contributed by atoms with Crippen LogP contribution in [0.2, 0.25) is 0 Å². The Morgan fingerprint density at radius 3 is 2.89 bits per heavy atom. The zero-order valence-corrected chi connectivity index (χ0v) is 11.8. The number of halogens is 2. The van der Waals surface area contributed by atoms with E-state index in [9.17, 15) is 4.39 Å². The molecule has 0 saturated heterocycles. The van der Waals surface area contributed by atoms with Crippen LogP contribution in [0.15, 0.2) is 41.3 Å². The van der Waals surface area contributed by atoms with Crippen molar-refractivity contribution in [3.63, 3.8) is 0 Å². The van der Waals surface area contributed by atoms with Crippen LogP contribution in [-0.4, -0.2) is 23.1 Å². The maximum absolute atomic E-state index is 13.4. The fraction of sp³-hybridized carbons (Fsp3) is 0.231. The minimum Gasteiger partial charge on any atom is -0.330 e. The summed E-state index contributed by atoms with van der Waals surface area (Å²) in [6.45, 7) is 1.23. The predicted octanol–water partition coefficient (Wildman–Crippen LogP) is 2.87. The van der Waals surface area contributed by atoms with Gasteiger partial charge in [0.25, 0.3) is 0 Å². The van der Waals surface area contributed by atoms with Crippen molar-refractivity contribution in [2.75, 3.05) is 18.0 Å². The second-order valence-corrected chi connectivity index (χ2v) is 4.82. The van der Waals surface area contributed by atoms with Gasteiger partial charge in [0.1, 0.15) is 12.1 Å². The lowest BCUT2D eigenvalue weighted by molar-refractivity contribution is 0.627. The maximum atomic E-state index is 13.4. The molecule has 4 nitrogen and oxygen atoms in total. The number of benzene rings is 1. The first-order chi connectivity index (χ1) is 9.22. The van der Waals surface area contributed by atoms with Crippen LogP contribution in [0.4, 0.5) is 15.9 Å². The van der Waals surface area contributed by atoms with Crippen molar-refractivity contribution in [1.82, 2.24) is 9.97 Å². The molecule has 0 unspecified atom stereocenters. The third-order valence-electron chi connectivity index (χ3n) is 2.61. The molecule has 2 aromatic rings. The molecule has 0 radical (unpaired) electrons. The van der Waals surface area contributed by atoms with Gasteiger partial charge in [-0.05, 0) is 47.1 Å². The minimum atomic E-state index is -0.277. The quantitative estimate of drug-likeness (QED) is 0.918. The highest BCUT2D eigenvalue weighted by molar-refractivity contribution is 9.10. The first-order valence-electron chi connectivity index (χ1n) is 5.91. The van der Waals surface area contributed by atoms with E-state index in [-0.39, 0.29) is 5.82 Å². The van der Waals surface area contributed by atoms with E-state index in [0.29, 0.717) is 18.9 Å². The number of hydrogen-bond donors (Lipinski definition) is 1. The highest BCUT2D eigenvalue weighted by Gasteiger charge is 2.14. The average Bonchev–Trinajstić information content (AvgIpc) is 2.41. The highest BCUT2D eigenvalue weighted by Crippen LogP contribution is 2.29. The van der Waals surface area contributed by atoms with E-state index in [1.807, 2.05) is 11.0 Å². The molecule has 0 spiro atoms. The highest BCUT2D eigenvalue weighted by atomic mass is 79.9. The van der Waals surface area contributed by atoms with Gasteiger partial charge >= 0.3 is 0 Å². The number of nitrogens with two attached hydrogens (primary N) is 1. The van der Waals surface area contributed by atoms with E-state index in [0.717, 1.165) is 16.6 Å². The van der Waals surface area contributed by atoms with Crippen LogP contribution < -0.4 is 10.6 Å². The summed E-state index contributed by atoms with van der Waals surface area (Å²) in [5, 5.41) is 0. The SMILES string of the molecule is NCCCN(c1cccc(F)c1)c1ncncc1Br. The molecular weight excluding hydrogens is 311 g/mol. The summed E-state index contributed by atoms with van der Waals surface area (Å²) in [6.07, 6.45) is 3.92. The summed E-state index contributed by atoms with van der Waals surface area (Å²) in [4.78, 5) is 10.1. The van der Waals surface area contributed by atoms with Crippen LogP contribution in [0.3, 0.4) is 0 Å². The monoisotopic (exact) mass is 324 g/mol. The molecule has 0 fully saturated rings. The molecule has 0 aliphatic heterocycles. The molecule has 0 bridgehead atoms. The van der Waals surface area contributed by atoms with Crippen LogP contribution in [0, 0.1) is 5.82 Å². The largest absolute Gasteiger partial charge is 0.330 e. The molecule has 1 heterocycles. The van der Waals surface area contributed by atoms with Crippen molar-refractivity contribution in [2.45, 2.75) is 6.42 Å². The molecule has 0 aliphatic rings. The van der Waals surface area contributed by atoms with Crippen LogP contribution in [-0.2, 0) is 0 Å². The van der Waals surface area contributed by atoms with Crippen molar-refractivity contribution in [3.05, 3.63) is 47.1 Å². The summed E-state index contributed by atoms with van der Waals surface area (Å²) in [6, 6.07) is 6.41. The summed E-state index contributed by atoms with van der Waals surface area (Å²) >= 11 is 3.41. The Kier molecular flexibility index (Phi) is 4.81. The van der Waals surface area contributed by atoms with E-state index in [1.54, 1.807) is 12.3 Å². The van der Waals surface area contributed by atoms with Gasteiger partial charge in [0.05, 0.1) is 4.47 Å². The zero-order valence-electron chi connectivity index (χ0n) is 10.3. The van der Waals surface area contributed by atoms with E-state index >= 15 is 0 Å². The molecular formula is C13H14BrFN4. The zero-order chi connectivity index (χ0) is 13.7. The minimum absolute atomic E-state index is 0.277. The van der Waals surface area contributed by atoms with Crippen molar-refractivity contribution in [1.29, 1.82) is 0 Å². The molecule has 19 heavy (non-hydrogen) atoms. The van der Waals surface area contributed by atoms with Gasteiger partial charge in [-0.1, -0.05) is 6.07 Å². The molecule has 0 atom stereocenters. The molecule has 100 valence electrons. The molecule has 2 rings (SSSR count). The van der Waals surface area contributed by atoms with Crippen LogP contribution >= 0.6 is 15.9 Å². The van der Waals surface area contributed by atoms with E-state index < -0.39 is 0 Å². The maximum Gasteiger partial charge on any atom is 0.150 e.